The summed E-state index contributed by atoms with van der Waals surface area (Å²) in [4.78, 5) is 0. The zero-order valence-corrected chi connectivity index (χ0v) is 17.1. The van der Waals surface area contributed by atoms with Gasteiger partial charge in [0.15, 0.2) is 0 Å². The topological polar surface area (TPSA) is 0 Å². The number of hydrogen-bond donors (Lipinski definition) is 0. The summed E-state index contributed by atoms with van der Waals surface area (Å²) < 4.78 is 0. The van der Waals surface area contributed by atoms with Crippen LogP contribution in [0.25, 0.3) is 10.8 Å². The van der Waals surface area contributed by atoms with Crippen LogP contribution in [0.2, 0.25) is 0 Å². The van der Waals surface area contributed by atoms with Crippen LogP contribution in [-0.2, 0) is 6.42 Å². The molecule has 0 amide bonds. The lowest BCUT2D eigenvalue weighted by atomic mass is 9.76. The van der Waals surface area contributed by atoms with Gasteiger partial charge in [0.05, 0.1) is 0 Å². The zero-order valence-electron chi connectivity index (χ0n) is 17.1. The maximum absolute atomic E-state index is 2.47. The van der Waals surface area contributed by atoms with E-state index in [1.807, 2.05) is 0 Å². The second-order valence-electron chi connectivity index (χ2n) is 8.57. The van der Waals surface area contributed by atoms with Crippen LogP contribution >= 0.6 is 0 Å². The highest BCUT2D eigenvalue weighted by Crippen LogP contribution is 2.38. The molecule has 0 heteroatoms. The van der Waals surface area contributed by atoms with Crippen molar-refractivity contribution in [2.45, 2.75) is 96.8 Å². The van der Waals surface area contributed by atoms with E-state index in [2.05, 4.69) is 50.2 Å². The molecule has 2 aromatic carbocycles. The minimum atomic E-state index is 0.797. The number of hydrogen-bond acceptors (Lipinski definition) is 0. The monoisotopic (exact) mass is 350 g/mol. The van der Waals surface area contributed by atoms with E-state index < -0.39 is 0 Å². The molecule has 0 bridgehead atoms. The first-order chi connectivity index (χ1) is 12.8. The van der Waals surface area contributed by atoms with Crippen LogP contribution < -0.4 is 0 Å². The molecule has 1 aliphatic rings. The van der Waals surface area contributed by atoms with Gasteiger partial charge in [-0.3, -0.25) is 0 Å². The third-order valence-electron chi connectivity index (χ3n) is 6.62. The van der Waals surface area contributed by atoms with E-state index in [1.54, 1.807) is 5.56 Å². The molecule has 0 heterocycles. The summed E-state index contributed by atoms with van der Waals surface area (Å²) in [5.74, 6) is 1.80. The molecular weight excluding hydrogens is 312 g/mol. The predicted octanol–water partition coefficient (Wildman–Crippen LogP) is 8.43. The lowest BCUT2D eigenvalue weighted by Crippen LogP contribution is -2.13. The lowest BCUT2D eigenvalue weighted by molar-refractivity contribution is 0.302. The highest BCUT2D eigenvalue weighted by atomic mass is 14.3. The summed E-state index contributed by atoms with van der Waals surface area (Å²) in [6.07, 6.45) is 16.9. The van der Waals surface area contributed by atoms with Gasteiger partial charge in [-0.05, 0) is 65.8 Å². The number of unbranched alkanes of at least 4 members (excludes halogenated alkanes) is 5. The summed E-state index contributed by atoms with van der Waals surface area (Å²) in [7, 11) is 0. The smallest absolute Gasteiger partial charge is 0.0162 e. The van der Waals surface area contributed by atoms with E-state index in [1.165, 1.54) is 87.0 Å². The van der Waals surface area contributed by atoms with Crippen LogP contribution in [-0.4, -0.2) is 0 Å². The lowest BCUT2D eigenvalue weighted by Gasteiger charge is -2.29. The van der Waals surface area contributed by atoms with Crippen molar-refractivity contribution < 1.29 is 0 Å². The molecule has 0 nitrogen and oxygen atoms in total. The van der Waals surface area contributed by atoms with Crippen molar-refractivity contribution in [1.29, 1.82) is 0 Å². The standard InChI is InChI=1S/C26H38/c1-3-5-6-7-8-9-10-22-12-14-23(15-13-22)25-18-17-24-19-21(4-2)11-16-26(24)20-25/h11,16-20,22-23H,3-10,12-15H2,1-2H3/t22-,23-. The van der Waals surface area contributed by atoms with E-state index in [4.69, 9.17) is 0 Å². The van der Waals surface area contributed by atoms with Crippen molar-refractivity contribution >= 4 is 10.8 Å². The first-order valence-corrected chi connectivity index (χ1v) is 11.3. The minimum absolute atomic E-state index is 0.797. The van der Waals surface area contributed by atoms with Crippen LogP contribution in [0.15, 0.2) is 36.4 Å². The van der Waals surface area contributed by atoms with Gasteiger partial charge in [0.1, 0.15) is 0 Å². The third-order valence-corrected chi connectivity index (χ3v) is 6.62. The van der Waals surface area contributed by atoms with Crippen LogP contribution in [0.3, 0.4) is 0 Å². The molecule has 0 aromatic heterocycles. The summed E-state index contributed by atoms with van der Waals surface area (Å²) >= 11 is 0. The SMILES string of the molecule is CCCCCCCC[C@H]1CC[C@H](c2ccc3cc(CC)ccc3c2)CC1. The van der Waals surface area contributed by atoms with E-state index in [9.17, 15) is 0 Å². The average molecular weight is 351 g/mol. The molecule has 0 atom stereocenters. The first-order valence-electron chi connectivity index (χ1n) is 11.3. The van der Waals surface area contributed by atoms with Gasteiger partial charge < -0.3 is 0 Å². The van der Waals surface area contributed by atoms with Crippen molar-refractivity contribution in [3.05, 3.63) is 47.5 Å². The highest BCUT2D eigenvalue weighted by molar-refractivity contribution is 5.84. The van der Waals surface area contributed by atoms with Crippen molar-refractivity contribution in [1.82, 2.24) is 0 Å². The minimum Gasteiger partial charge on any atom is -0.0654 e. The van der Waals surface area contributed by atoms with Crippen LogP contribution in [0.5, 0.6) is 0 Å². The number of benzene rings is 2. The summed E-state index contributed by atoms with van der Waals surface area (Å²) in [5, 5.41) is 2.83. The van der Waals surface area contributed by atoms with Gasteiger partial charge in [0.25, 0.3) is 0 Å². The molecule has 1 saturated carbocycles. The van der Waals surface area contributed by atoms with Crippen LogP contribution in [0.1, 0.15) is 102 Å². The fraction of sp³-hybridized carbons (Fsp3) is 0.615. The number of fused-ring (bicyclic) bond motifs is 1. The Bertz CT molecular complexity index is 661. The number of rotatable bonds is 9. The molecule has 1 fully saturated rings. The summed E-state index contributed by atoms with van der Waals surface area (Å²) in [5.41, 5.74) is 3.03. The van der Waals surface area contributed by atoms with Crippen molar-refractivity contribution in [3.63, 3.8) is 0 Å². The Kier molecular flexibility index (Phi) is 7.59. The van der Waals surface area contributed by atoms with Crippen molar-refractivity contribution in [3.8, 4) is 0 Å². The Morgan fingerprint density at radius 3 is 2.19 bits per heavy atom. The summed E-state index contributed by atoms with van der Waals surface area (Å²) in [6, 6.07) is 14.2. The zero-order chi connectivity index (χ0) is 18.2. The molecule has 0 saturated heterocycles. The molecule has 0 radical (unpaired) electrons. The van der Waals surface area contributed by atoms with E-state index in [0.717, 1.165) is 18.3 Å². The fourth-order valence-electron chi connectivity index (χ4n) is 4.79. The van der Waals surface area contributed by atoms with Gasteiger partial charge in [0.2, 0.25) is 0 Å². The molecule has 3 rings (SSSR count). The van der Waals surface area contributed by atoms with E-state index in [-0.39, 0.29) is 0 Å². The first kappa shape index (κ1) is 19.5. The van der Waals surface area contributed by atoms with Gasteiger partial charge in [-0.25, -0.2) is 0 Å². The Labute approximate surface area is 161 Å². The van der Waals surface area contributed by atoms with Crippen LogP contribution in [0, 0.1) is 5.92 Å². The van der Waals surface area contributed by atoms with Crippen LogP contribution in [0.4, 0.5) is 0 Å². The molecule has 0 N–H and O–H groups in total. The molecule has 0 spiro atoms. The van der Waals surface area contributed by atoms with E-state index in [0.29, 0.717) is 0 Å². The maximum Gasteiger partial charge on any atom is -0.0162 e. The molecular formula is C26H38. The molecule has 2 aromatic rings. The van der Waals surface area contributed by atoms with Crippen molar-refractivity contribution in [2.24, 2.45) is 5.92 Å². The van der Waals surface area contributed by atoms with Gasteiger partial charge in [-0.1, -0.05) is 95.2 Å². The number of aryl methyl sites for hydroxylation is 1. The van der Waals surface area contributed by atoms with Gasteiger partial charge in [0, 0.05) is 0 Å². The fourth-order valence-corrected chi connectivity index (χ4v) is 4.79. The molecule has 0 aliphatic heterocycles. The summed E-state index contributed by atoms with van der Waals surface area (Å²) in [6.45, 7) is 4.54. The molecule has 0 unspecified atom stereocenters. The Morgan fingerprint density at radius 2 is 1.42 bits per heavy atom. The molecule has 26 heavy (non-hydrogen) atoms. The largest absolute Gasteiger partial charge is 0.0654 e. The predicted molar refractivity (Wildman–Crippen MR) is 116 cm³/mol. The Morgan fingerprint density at radius 1 is 0.731 bits per heavy atom. The maximum atomic E-state index is 2.47. The Balaban J connectivity index is 1.46. The molecule has 1 aliphatic carbocycles. The third kappa shape index (κ3) is 5.35. The second-order valence-corrected chi connectivity index (χ2v) is 8.57. The van der Waals surface area contributed by atoms with Gasteiger partial charge >= 0.3 is 0 Å². The van der Waals surface area contributed by atoms with Gasteiger partial charge in [-0.15, -0.1) is 0 Å². The van der Waals surface area contributed by atoms with E-state index >= 15 is 0 Å². The van der Waals surface area contributed by atoms with Crippen molar-refractivity contribution in [2.75, 3.05) is 0 Å². The normalized spacial score (nSPS) is 20.5. The second kappa shape index (κ2) is 10.1. The highest BCUT2D eigenvalue weighted by Gasteiger charge is 2.22. The average Bonchev–Trinajstić information content (AvgIpc) is 2.70. The Hall–Kier alpha value is -1.30. The van der Waals surface area contributed by atoms with Gasteiger partial charge in [-0.2, -0.15) is 0 Å². The quantitative estimate of drug-likeness (QED) is 0.398. The molecule has 142 valence electrons.